The maximum Gasteiger partial charge on any atom is 0.238 e. The maximum atomic E-state index is 11.5. The monoisotopic (exact) mass is 222 g/mol. The number of nitrogens with one attached hydrogen (secondary N) is 2. The third kappa shape index (κ3) is 4.42. The summed E-state index contributed by atoms with van der Waals surface area (Å²) in [6.45, 7) is 3.85. The highest BCUT2D eigenvalue weighted by Gasteiger charge is 2.16. The predicted octanol–water partition coefficient (Wildman–Crippen LogP) is 0.986. The molecule has 3 N–H and O–H groups in total. The van der Waals surface area contributed by atoms with Gasteiger partial charge in [-0.05, 0) is 26.0 Å². The van der Waals surface area contributed by atoms with Crippen molar-refractivity contribution in [2.24, 2.45) is 0 Å². The summed E-state index contributed by atoms with van der Waals surface area (Å²) in [7, 11) is 0. The summed E-state index contributed by atoms with van der Waals surface area (Å²) >= 11 is 0. The zero-order chi connectivity index (χ0) is 12.0. The third-order valence-corrected chi connectivity index (χ3v) is 2.18. The van der Waals surface area contributed by atoms with Crippen molar-refractivity contribution in [3.8, 4) is 0 Å². The van der Waals surface area contributed by atoms with E-state index in [4.69, 9.17) is 5.11 Å². The van der Waals surface area contributed by atoms with E-state index in [1.54, 1.807) is 0 Å². The molecule has 0 aliphatic rings. The Kier molecular flexibility index (Phi) is 4.46. The fourth-order valence-corrected chi connectivity index (χ4v) is 1.10. The Morgan fingerprint density at radius 1 is 1.31 bits per heavy atom. The van der Waals surface area contributed by atoms with Crippen LogP contribution in [0, 0.1) is 0 Å². The summed E-state index contributed by atoms with van der Waals surface area (Å²) in [5.74, 6) is -0.118. The van der Waals surface area contributed by atoms with Crippen molar-refractivity contribution in [2.75, 3.05) is 18.5 Å². The average molecular weight is 222 g/mol. The van der Waals surface area contributed by atoms with Crippen molar-refractivity contribution in [1.82, 2.24) is 5.32 Å². The van der Waals surface area contributed by atoms with Gasteiger partial charge in [0.2, 0.25) is 5.91 Å². The largest absolute Gasteiger partial charge is 0.394 e. The molecule has 0 atom stereocenters. The minimum absolute atomic E-state index is 0.00832. The topological polar surface area (TPSA) is 61.4 Å². The molecule has 0 aliphatic heterocycles. The second-order valence-electron chi connectivity index (χ2n) is 4.31. The minimum atomic E-state index is -0.436. The second-order valence-corrected chi connectivity index (χ2v) is 4.31. The van der Waals surface area contributed by atoms with Gasteiger partial charge in [0.1, 0.15) is 0 Å². The molecule has 0 saturated heterocycles. The summed E-state index contributed by atoms with van der Waals surface area (Å²) in [5, 5.41) is 14.7. The summed E-state index contributed by atoms with van der Waals surface area (Å²) in [6.07, 6.45) is 0. The van der Waals surface area contributed by atoms with E-state index in [0.29, 0.717) is 0 Å². The number of carbonyl (C=O) groups excluding carboxylic acids is 1. The van der Waals surface area contributed by atoms with Gasteiger partial charge in [0, 0.05) is 11.2 Å². The van der Waals surface area contributed by atoms with Crippen molar-refractivity contribution >= 4 is 11.6 Å². The number of anilines is 1. The molecule has 16 heavy (non-hydrogen) atoms. The van der Waals surface area contributed by atoms with Crippen LogP contribution in [0.5, 0.6) is 0 Å². The predicted molar refractivity (Wildman–Crippen MR) is 64.2 cm³/mol. The molecule has 0 radical (unpaired) electrons. The van der Waals surface area contributed by atoms with Gasteiger partial charge in [0.25, 0.3) is 0 Å². The number of para-hydroxylation sites is 1. The Bertz CT molecular complexity index is 336. The Morgan fingerprint density at radius 2 is 1.94 bits per heavy atom. The lowest BCUT2D eigenvalue weighted by atomic mass is 10.1. The lowest BCUT2D eigenvalue weighted by molar-refractivity contribution is -0.115. The van der Waals surface area contributed by atoms with Crippen molar-refractivity contribution in [1.29, 1.82) is 0 Å². The third-order valence-electron chi connectivity index (χ3n) is 2.18. The van der Waals surface area contributed by atoms with Gasteiger partial charge in [-0.15, -0.1) is 0 Å². The van der Waals surface area contributed by atoms with E-state index in [0.717, 1.165) is 5.69 Å². The van der Waals surface area contributed by atoms with Crippen LogP contribution in [0.1, 0.15) is 13.8 Å². The summed E-state index contributed by atoms with van der Waals surface area (Å²) in [4.78, 5) is 11.5. The quantitative estimate of drug-likeness (QED) is 0.696. The lowest BCUT2D eigenvalue weighted by Crippen LogP contribution is -2.46. The number of hydrogen-bond acceptors (Lipinski definition) is 3. The van der Waals surface area contributed by atoms with Gasteiger partial charge < -0.3 is 15.7 Å². The smallest absolute Gasteiger partial charge is 0.238 e. The van der Waals surface area contributed by atoms with E-state index in [1.807, 2.05) is 44.2 Å². The highest BCUT2D eigenvalue weighted by Crippen LogP contribution is 2.04. The zero-order valence-electron chi connectivity index (χ0n) is 9.66. The van der Waals surface area contributed by atoms with Crippen LogP contribution < -0.4 is 10.6 Å². The van der Waals surface area contributed by atoms with E-state index in [9.17, 15) is 4.79 Å². The Morgan fingerprint density at radius 3 is 2.50 bits per heavy atom. The first-order valence-corrected chi connectivity index (χ1v) is 5.24. The molecule has 0 unspecified atom stereocenters. The van der Waals surface area contributed by atoms with Crippen LogP contribution in [0.3, 0.4) is 0 Å². The van der Waals surface area contributed by atoms with E-state index in [1.165, 1.54) is 0 Å². The number of aliphatic hydroxyl groups excluding tert-OH is 1. The number of amides is 1. The Hall–Kier alpha value is -1.39. The minimum Gasteiger partial charge on any atom is -0.394 e. The Balaban J connectivity index is 2.38. The number of benzene rings is 1. The summed E-state index contributed by atoms with van der Waals surface area (Å²) < 4.78 is 0. The van der Waals surface area contributed by atoms with Crippen LogP contribution in [0.25, 0.3) is 0 Å². The molecule has 0 saturated carbocycles. The lowest BCUT2D eigenvalue weighted by Gasteiger charge is -2.23. The van der Waals surface area contributed by atoms with Gasteiger partial charge in [-0.25, -0.2) is 0 Å². The van der Waals surface area contributed by atoms with Crippen LogP contribution in [-0.2, 0) is 4.79 Å². The molecule has 1 aromatic carbocycles. The van der Waals surface area contributed by atoms with Crippen LogP contribution >= 0.6 is 0 Å². The zero-order valence-corrected chi connectivity index (χ0v) is 9.66. The van der Waals surface area contributed by atoms with Crippen LogP contribution in [-0.4, -0.2) is 29.7 Å². The van der Waals surface area contributed by atoms with Crippen molar-refractivity contribution in [3.05, 3.63) is 30.3 Å². The average Bonchev–Trinajstić information content (AvgIpc) is 2.28. The van der Waals surface area contributed by atoms with Gasteiger partial charge in [-0.2, -0.15) is 0 Å². The first-order chi connectivity index (χ1) is 7.53. The van der Waals surface area contributed by atoms with Gasteiger partial charge in [-0.3, -0.25) is 4.79 Å². The van der Waals surface area contributed by atoms with E-state index < -0.39 is 5.54 Å². The number of carbonyl (C=O) groups is 1. The second kappa shape index (κ2) is 5.63. The maximum absolute atomic E-state index is 11.5. The molecular weight excluding hydrogens is 204 g/mol. The van der Waals surface area contributed by atoms with Crippen LogP contribution in [0.15, 0.2) is 30.3 Å². The number of rotatable bonds is 5. The van der Waals surface area contributed by atoms with E-state index >= 15 is 0 Å². The molecule has 1 amide bonds. The molecule has 0 fully saturated rings. The van der Waals surface area contributed by atoms with Crippen LogP contribution in [0.4, 0.5) is 5.69 Å². The van der Waals surface area contributed by atoms with E-state index in [-0.39, 0.29) is 19.1 Å². The number of hydrogen-bond donors (Lipinski definition) is 3. The molecule has 4 nitrogen and oxygen atoms in total. The molecule has 0 aliphatic carbocycles. The van der Waals surface area contributed by atoms with Crippen molar-refractivity contribution < 1.29 is 9.90 Å². The van der Waals surface area contributed by atoms with Crippen molar-refractivity contribution in [3.63, 3.8) is 0 Å². The molecule has 0 bridgehead atoms. The number of aliphatic hydroxyl groups is 1. The summed E-state index contributed by atoms with van der Waals surface area (Å²) in [5.41, 5.74) is 0.338. The fraction of sp³-hybridized carbons (Fsp3) is 0.417. The SMILES string of the molecule is CC(C)(CO)NCC(=O)Nc1ccccc1. The van der Waals surface area contributed by atoms with E-state index in [2.05, 4.69) is 10.6 Å². The molecule has 1 rings (SSSR count). The normalized spacial score (nSPS) is 11.2. The first kappa shape index (κ1) is 12.7. The van der Waals surface area contributed by atoms with Crippen LogP contribution in [0.2, 0.25) is 0 Å². The van der Waals surface area contributed by atoms with Gasteiger partial charge in [0.05, 0.1) is 13.2 Å². The molecular formula is C12H18N2O2. The fourth-order valence-electron chi connectivity index (χ4n) is 1.10. The van der Waals surface area contributed by atoms with Crippen molar-refractivity contribution in [2.45, 2.75) is 19.4 Å². The molecule has 4 heteroatoms. The summed E-state index contributed by atoms with van der Waals surface area (Å²) in [6, 6.07) is 9.27. The molecule has 1 aromatic rings. The standard InChI is InChI=1S/C12H18N2O2/c1-12(2,9-15)13-8-11(16)14-10-6-4-3-5-7-10/h3-7,13,15H,8-9H2,1-2H3,(H,14,16). The highest BCUT2D eigenvalue weighted by atomic mass is 16.3. The first-order valence-electron chi connectivity index (χ1n) is 5.24. The van der Waals surface area contributed by atoms with Gasteiger partial charge in [-0.1, -0.05) is 18.2 Å². The van der Waals surface area contributed by atoms with Gasteiger partial charge >= 0.3 is 0 Å². The van der Waals surface area contributed by atoms with Gasteiger partial charge in [0.15, 0.2) is 0 Å². The Labute approximate surface area is 95.7 Å². The molecule has 0 spiro atoms. The molecule has 88 valence electrons. The highest BCUT2D eigenvalue weighted by molar-refractivity contribution is 5.92. The molecule has 0 heterocycles. The molecule has 0 aromatic heterocycles.